The van der Waals surface area contributed by atoms with Crippen molar-refractivity contribution in [2.24, 2.45) is 0 Å². The van der Waals surface area contributed by atoms with Crippen LogP contribution in [0.25, 0.3) is 16.9 Å². The largest absolute Gasteiger partial charge is 0.330 e. The molecule has 5 heteroatoms. The molecule has 5 nitrogen and oxygen atoms in total. The van der Waals surface area contributed by atoms with Crippen molar-refractivity contribution in [3.8, 4) is 16.9 Å². The number of hydrogen-bond donors (Lipinski definition) is 0. The van der Waals surface area contributed by atoms with Gasteiger partial charge in [-0.15, -0.1) is 0 Å². The number of nitrogens with zero attached hydrogens (tertiary/aromatic N) is 5. The Morgan fingerprint density at radius 3 is 2.60 bits per heavy atom. The monoisotopic (exact) mass is 335 g/mol. The first-order chi connectivity index (χ1) is 12.4. The van der Waals surface area contributed by atoms with E-state index in [1.165, 1.54) is 38.9 Å². The van der Waals surface area contributed by atoms with Crippen molar-refractivity contribution < 1.29 is 0 Å². The molecule has 0 N–H and O–H groups in total. The van der Waals surface area contributed by atoms with Crippen LogP contribution in [0.5, 0.6) is 0 Å². The van der Waals surface area contributed by atoms with Gasteiger partial charge in [-0.1, -0.05) is 24.6 Å². The van der Waals surface area contributed by atoms with Gasteiger partial charge in [-0.2, -0.15) is 5.10 Å². The Labute approximate surface area is 148 Å². The van der Waals surface area contributed by atoms with E-state index in [4.69, 9.17) is 0 Å². The van der Waals surface area contributed by atoms with Gasteiger partial charge in [-0.05, 0) is 51.0 Å². The van der Waals surface area contributed by atoms with Crippen molar-refractivity contribution in [2.45, 2.75) is 32.2 Å². The van der Waals surface area contributed by atoms with E-state index in [0.717, 1.165) is 29.9 Å². The second-order valence-corrected chi connectivity index (χ2v) is 6.74. The highest BCUT2D eigenvalue weighted by Gasteiger charge is 2.11. The van der Waals surface area contributed by atoms with Crippen LogP contribution in [0.1, 0.15) is 25.7 Å². The summed E-state index contributed by atoms with van der Waals surface area (Å²) in [6.45, 7) is 4.71. The lowest BCUT2D eigenvalue weighted by Gasteiger charge is -2.26. The summed E-state index contributed by atoms with van der Waals surface area (Å²) in [5.74, 6) is 0. The predicted octanol–water partition coefficient (Wildman–Crippen LogP) is 3.61. The number of imidazole rings is 1. The molecule has 1 aliphatic rings. The van der Waals surface area contributed by atoms with E-state index in [1.54, 1.807) is 0 Å². The average molecular weight is 335 g/mol. The smallest absolute Gasteiger partial charge is 0.0950 e. The first-order valence-electron chi connectivity index (χ1n) is 9.23. The molecule has 1 aromatic carbocycles. The van der Waals surface area contributed by atoms with Gasteiger partial charge in [0, 0.05) is 18.3 Å². The number of piperidine rings is 1. The summed E-state index contributed by atoms with van der Waals surface area (Å²) in [6, 6.07) is 10.2. The maximum absolute atomic E-state index is 4.50. The lowest BCUT2D eigenvalue weighted by molar-refractivity contribution is 0.223. The zero-order chi connectivity index (χ0) is 16.9. The maximum Gasteiger partial charge on any atom is 0.0950 e. The van der Waals surface area contributed by atoms with Gasteiger partial charge in [0.25, 0.3) is 0 Å². The van der Waals surface area contributed by atoms with E-state index in [1.807, 2.05) is 41.6 Å². The van der Waals surface area contributed by atoms with Gasteiger partial charge in [0.1, 0.15) is 0 Å². The molecule has 0 saturated carbocycles. The van der Waals surface area contributed by atoms with Crippen LogP contribution in [0, 0.1) is 0 Å². The standard InChI is InChI=1S/C20H25N5/c1-3-8-19(9-4-1)25-16-18(14-22-25)20-15-21-17-24(20)13-7-12-23-10-5-2-6-11-23/h1,3-4,8-9,14-17H,2,5-7,10-13H2. The van der Waals surface area contributed by atoms with E-state index in [9.17, 15) is 0 Å². The van der Waals surface area contributed by atoms with E-state index in [0.29, 0.717) is 0 Å². The lowest BCUT2D eigenvalue weighted by Crippen LogP contribution is -2.31. The fourth-order valence-corrected chi connectivity index (χ4v) is 3.56. The van der Waals surface area contributed by atoms with Crippen LogP contribution in [0.3, 0.4) is 0 Å². The van der Waals surface area contributed by atoms with Crippen LogP contribution in [0.15, 0.2) is 55.2 Å². The summed E-state index contributed by atoms with van der Waals surface area (Å²) < 4.78 is 4.16. The van der Waals surface area contributed by atoms with E-state index >= 15 is 0 Å². The van der Waals surface area contributed by atoms with Crippen LogP contribution < -0.4 is 0 Å². The molecule has 3 aromatic rings. The second kappa shape index (κ2) is 7.66. The summed E-state index contributed by atoms with van der Waals surface area (Å²) >= 11 is 0. The average Bonchev–Trinajstić information content (AvgIpc) is 3.32. The van der Waals surface area contributed by atoms with E-state index in [-0.39, 0.29) is 0 Å². The Balaban J connectivity index is 1.42. The van der Waals surface area contributed by atoms with Crippen LogP contribution >= 0.6 is 0 Å². The summed E-state index contributed by atoms with van der Waals surface area (Å²) in [6.07, 6.45) is 13.1. The molecule has 1 fully saturated rings. The van der Waals surface area contributed by atoms with Gasteiger partial charge < -0.3 is 9.47 Å². The summed E-state index contributed by atoms with van der Waals surface area (Å²) in [5, 5.41) is 4.50. The molecule has 1 saturated heterocycles. The highest BCUT2D eigenvalue weighted by atomic mass is 15.3. The summed E-state index contributed by atoms with van der Waals surface area (Å²) in [7, 11) is 0. The normalized spacial score (nSPS) is 15.5. The SMILES string of the molecule is c1ccc(-n2cc(-c3cncn3CCCN3CCCCC3)cn2)cc1. The third-order valence-corrected chi connectivity index (χ3v) is 4.93. The van der Waals surface area contributed by atoms with Crippen molar-refractivity contribution in [1.29, 1.82) is 0 Å². The zero-order valence-corrected chi connectivity index (χ0v) is 14.6. The van der Waals surface area contributed by atoms with Crippen molar-refractivity contribution >= 4 is 0 Å². The van der Waals surface area contributed by atoms with Gasteiger partial charge in [0.05, 0.1) is 30.1 Å². The number of aryl methyl sites for hydroxylation is 1. The Morgan fingerprint density at radius 2 is 1.76 bits per heavy atom. The molecule has 0 atom stereocenters. The molecule has 0 spiro atoms. The molecule has 130 valence electrons. The van der Waals surface area contributed by atoms with Crippen LogP contribution in [-0.4, -0.2) is 43.9 Å². The molecule has 0 aliphatic carbocycles. The fraction of sp³-hybridized carbons (Fsp3) is 0.400. The van der Waals surface area contributed by atoms with Gasteiger partial charge >= 0.3 is 0 Å². The molecule has 0 radical (unpaired) electrons. The van der Waals surface area contributed by atoms with Gasteiger partial charge in [-0.25, -0.2) is 9.67 Å². The van der Waals surface area contributed by atoms with Crippen LogP contribution in [0.4, 0.5) is 0 Å². The quantitative estimate of drug-likeness (QED) is 0.691. The fourth-order valence-electron chi connectivity index (χ4n) is 3.56. The molecule has 0 amide bonds. The predicted molar refractivity (Wildman–Crippen MR) is 99.7 cm³/mol. The zero-order valence-electron chi connectivity index (χ0n) is 14.6. The maximum atomic E-state index is 4.50. The van der Waals surface area contributed by atoms with Crippen molar-refractivity contribution in [3.63, 3.8) is 0 Å². The first kappa shape index (κ1) is 16.1. The number of aromatic nitrogens is 4. The number of hydrogen-bond acceptors (Lipinski definition) is 3. The molecule has 1 aliphatic heterocycles. The van der Waals surface area contributed by atoms with Gasteiger partial charge in [0.15, 0.2) is 0 Å². The van der Waals surface area contributed by atoms with Crippen molar-refractivity contribution in [2.75, 3.05) is 19.6 Å². The van der Waals surface area contributed by atoms with Crippen molar-refractivity contribution in [1.82, 2.24) is 24.2 Å². The molecular formula is C20H25N5. The molecule has 4 rings (SSSR count). The third kappa shape index (κ3) is 3.82. The molecule has 25 heavy (non-hydrogen) atoms. The number of rotatable bonds is 6. The first-order valence-corrected chi connectivity index (χ1v) is 9.23. The summed E-state index contributed by atoms with van der Waals surface area (Å²) in [4.78, 5) is 6.95. The van der Waals surface area contributed by atoms with Gasteiger partial charge in [0.2, 0.25) is 0 Å². The number of para-hydroxylation sites is 1. The molecule has 0 unspecified atom stereocenters. The van der Waals surface area contributed by atoms with Gasteiger partial charge in [-0.3, -0.25) is 0 Å². The Bertz CT molecular complexity index is 783. The Morgan fingerprint density at radius 1 is 0.920 bits per heavy atom. The molecule has 2 aromatic heterocycles. The van der Waals surface area contributed by atoms with Crippen molar-refractivity contribution in [3.05, 3.63) is 55.2 Å². The van der Waals surface area contributed by atoms with E-state index < -0.39 is 0 Å². The van der Waals surface area contributed by atoms with Crippen LogP contribution in [0.2, 0.25) is 0 Å². The molecular weight excluding hydrogens is 310 g/mol. The Kier molecular flexibility index (Phi) is 4.93. The third-order valence-electron chi connectivity index (χ3n) is 4.93. The minimum Gasteiger partial charge on any atom is -0.330 e. The highest BCUT2D eigenvalue weighted by molar-refractivity contribution is 5.57. The Hall–Kier alpha value is -2.40. The number of likely N-dealkylation sites (tertiary alicyclic amines) is 1. The second-order valence-electron chi connectivity index (χ2n) is 6.74. The lowest BCUT2D eigenvalue weighted by atomic mass is 10.1. The van der Waals surface area contributed by atoms with E-state index in [2.05, 4.69) is 37.9 Å². The van der Waals surface area contributed by atoms with Crippen LogP contribution in [-0.2, 0) is 6.54 Å². The molecule has 0 bridgehead atoms. The summed E-state index contributed by atoms with van der Waals surface area (Å²) in [5.41, 5.74) is 3.32. The number of benzene rings is 1. The minimum absolute atomic E-state index is 1.00. The topological polar surface area (TPSA) is 38.9 Å². The molecule has 3 heterocycles. The highest BCUT2D eigenvalue weighted by Crippen LogP contribution is 2.20. The minimum atomic E-state index is 1.00.